The van der Waals surface area contributed by atoms with Crippen molar-refractivity contribution >= 4 is 43.2 Å². The topological polar surface area (TPSA) is 128 Å². The molecule has 160 valence electrons. The van der Waals surface area contributed by atoms with Crippen LogP contribution in [0.5, 0.6) is 5.75 Å². The summed E-state index contributed by atoms with van der Waals surface area (Å²) in [5, 5.41) is 10.3. The highest BCUT2D eigenvalue weighted by Crippen LogP contribution is 2.22. The molecule has 31 heavy (non-hydrogen) atoms. The third kappa shape index (κ3) is 5.35. The van der Waals surface area contributed by atoms with E-state index in [1.807, 2.05) is 35.9 Å². The standard InChI is InChI=1S/C19H18N6O4S2/c1-12-6-7-16-20-14(10-25(16)9-12)11-29-15-5-3-4-13(8-15)17(26)21-18-22-23-19(30-18)24-31(2,27)28/h3-10H,11H2,1-2H3,(H,23,24)(H,21,22,26). The minimum Gasteiger partial charge on any atom is -0.487 e. The van der Waals surface area contributed by atoms with E-state index in [0.717, 1.165) is 34.5 Å². The van der Waals surface area contributed by atoms with Crippen molar-refractivity contribution in [2.75, 3.05) is 16.3 Å². The molecule has 3 heterocycles. The highest BCUT2D eigenvalue weighted by Gasteiger charge is 2.13. The van der Waals surface area contributed by atoms with Gasteiger partial charge in [-0.2, -0.15) is 0 Å². The molecule has 0 atom stereocenters. The molecule has 0 saturated carbocycles. The van der Waals surface area contributed by atoms with Crippen LogP contribution < -0.4 is 14.8 Å². The number of sulfonamides is 1. The molecular formula is C19H18N6O4S2. The number of benzene rings is 1. The molecule has 0 radical (unpaired) electrons. The fourth-order valence-corrected chi connectivity index (χ4v) is 4.22. The molecule has 10 nitrogen and oxygen atoms in total. The quantitative estimate of drug-likeness (QED) is 0.436. The molecule has 0 aliphatic rings. The number of carbonyl (C=O) groups excluding carboxylic acids is 1. The number of nitrogens with zero attached hydrogens (tertiary/aromatic N) is 4. The number of hydrogen-bond acceptors (Lipinski definition) is 8. The van der Waals surface area contributed by atoms with Crippen LogP contribution in [0.2, 0.25) is 0 Å². The van der Waals surface area contributed by atoms with Gasteiger partial charge in [-0.1, -0.05) is 23.5 Å². The van der Waals surface area contributed by atoms with Crippen LogP contribution in [0.4, 0.5) is 10.3 Å². The zero-order valence-electron chi connectivity index (χ0n) is 16.6. The van der Waals surface area contributed by atoms with E-state index in [-0.39, 0.29) is 16.9 Å². The first kappa shape index (κ1) is 20.8. The normalized spacial score (nSPS) is 11.4. The summed E-state index contributed by atoms with van der Waals surface area (Å²) in [4.78, 5) is 17.0. The van der Waals surface area contributed by atoms with Gasteiger partial charge in [-0.15, -0.1) is 10.2 Å². The fraction of sp³-hybridized carbons (Fsp3) is 0.158. The first-order valence-electron chi connectivity index (χ1n) is 9.05. The van der Waals surface area contributed by atoms with Gasteiger partial charge in [-0.3, -0.25) is 14.8 Å². The number of nitrogens with one attached hydrogen (secondary N) is 2. The van der Waals surface area contributed by atoms with Crippen LogP contribution in [-0.2, 0) is 16.6 Å². The van der Waals surface area contributed by atoms with E-state index in [1.165, 1.54) is 0 Å². The molecule has 2 N–H and O–H groups in total. The average Bonchev–Trinajstić information content (AvgIpc) is 3.31. The van der Waals surface area contributed by atoms with E-state index in [1.54, 1.807) is 24.3 Å². The molecule has 0 aliphatic carbocycles. The van der Waals surface area contributed by atoms with Crippen LogP contribution in [0, 0.1) is 6.92 Å². The third-order valence-corrected chi connectivity index (χ3v) is 5.50. The number of anilines is 2. The van der Waals surface area contributed by atoms with Crippen molar-refractivity contribution in [3.8, 4) is 5.75 Å². The largest absolute Gasteiger partial charge is 0.487 e. The minimum atomic E-state index is -3.47. The number of aryl methyl sites for hydroxylation is 1. The number of amides is 1. The summed E-state index contributed by atoms with van der Waals surface area (Å²) >= 11 is 0.911. The molecule has 4 rings (SSSR count). The van der Waals surface area contributed by atoms with Crippen molar-refractivity contribution in [3.63, 3.8) is 0 Å². The predicted molar refractivity (Wildman–Crippen MR) is 117 cm³/mol. The summed E-state index contributed by atoms with van der Waals surface area (Å²) in [6.07, 6.45) is 4.89. The van der Waals surface area contributed by atoms with Crippen LogP contribution in [0.1, 0.15) is 21.6 Å². The van der Waals surface area contributed by atoms with Gasteiger partial charge >= 0.3 is 0 Å². The van der Waals surface area contributed by atoms with Gasteiger partial charge in [-0.05, 0) is 36.8 Å². The smallest absolute Gasteiger partial charge is 0.257 e. The molecule has 1 amide bonds. The lowest BCUT2D eigenvalue weighted by atomic mass is 10.2. The Hall–Kier alpha value is -3.51. The second-order valence-corrected chi connectivity index (χ2v) is 9.49. The number of pyridine rings is 1. The maximum atomic E-state index is 12.5. The molecule has 4 aromatic rings. The second-order valence-electron chi connectivity index (χ2n) is 6.76. The van der Waals surface area contributed by atoms with Crippen LogP contribution in [-0.4, -0.2) is 40.2 Å². The van der Waals surface area contributed by atoms with Gasteiger partial charge in [0, 0.05) is 18.0 Å². The summed E-state index contributed by atoms with van der Waals surface area (Å²) in [6.45, 7) is 2.26. The van der Waals surface area contributed by atoms with Crippen LogP contribution in [0.15, 0.2) is 48.8 Å². The molecule has 0 saturated heterocycles. The maximum Gasteiger partial charge on any atom is 0.257 e. The van der Waals surface area contributed by atoms with Gasteiger partial charge in [0.2, 0.25) is 20.3 Å². The van der Waals surface area contributed by atoms with Crippen LogP contribution in [0.3, 0.4) is 0 Å². The van der Waals surface area contributed by atoms with Crippen molar-refractivity contribution in [1.29, 1.82) is 0 Å². The summed E-state index contributed by atoms with van der Waals surface area (Å²) in [5.41, 5.74) is 3.08. The Morgan fingerprint density at radius 2 is 1.97 bits per heavy atom. The van der Waals surface area contributed by atoms with Crippen molar-refractivity contribution < 1.29 is 17.9 Å². The van der Waals surface area contributed by atoms with Crippen molar-refractivity contribution in [3.05, 3.63) is 65.6 Å². The lowest BCUT2D eigenvalue weighted by Crippen LogP contribution is -2.11. The molecular weight excluding hydrogens is 440 g/mol. The second kappa shape index (κ2) is 8.32. The number of fused-ring (bicyclic) bond motifs is 1. The Morgan fingerprint density at radius 3 is 2.77 bits per heavy atom. The van der Waals surface area contributed by atoms with Gasteiger partial charge in [0.1, 0.15) is 18.0 Å². The van der Waals surface area contributed by atoms with E-state index in [9.17, 15) is 13.2 Å². The first-order chi connectivity index (χ1) is 14.7. The van der Waals surface area contributed by atoms with Gasteiger partial charge in [0.25, 0.3) is 5.91 Å². The number of rotatable bonds is 7. The Kier molecular flexibility index (Phi) is 5.57. The number of aromatic nitrogens is 4. The molecule has 0 unspecified atom stereocenters. The molecule has 3 aromatic heterocycles. The molecule has 0 aliphatic heterocycles. The van der Waals surface area contributed by atoms with E-state index < -0.39 is 15.9 Å². The van der Waals surface area contributed by atoms with Crippen molar-refractivity contribution in [1.82, 2.24) is 19.6 Å². The lowest BCUT2D eigenvalue weighted by Gasteiger charge is -2.06. The first-order valence-corrected chi connectivity index (χ1v) is 11.8. The zero-order chi connectivity index (χ0) is 22.0. The highest BCUT2D eigenvalue weighted by molar-refractivity contribution is 7.92. The Bertz CT molecular complexity index is 1360. The fourth-order valence-electron chi connectivity index (χ4n) is 2.75. The SMILES string of the molecule is Cc1ccc2nc(COc3cccc(C(=O)Nc4nnc(NS(C)(=O)=O)s4)c3)cn2c1. The minimum absolute atomic E-state index is 0.0672. The summed E-state index contributed by atoms with van der Waals surface area (Å²) in [7, 11) is -3.47. The lowest BCUT2D eigenvalue weighted by molar-refractivity contribution is 0.102. The van der Waals surface area contributed by atoms with E-state index >= 15 is 0 Å². The van der Waals surface area contributed by atoms with Gasteiger partial charge in [-0.25, -0.2) is 13.4 Å². The van der Waals surface area contributed by atoms with Gasteiger partial charge < -0.3 is 9.14 Å². The van der Waals surface area contributed by atoms with Crippen molar-refractivity contribution in [2.45, 2.75) is 13.5 Å². The molecule has 0 fully saturated rings. The number of imidazole rings is 1. The Labute approximate surface area is 182 Å². The van der Waals surface area contributed by atoms with Gasteiger partial charge in [0.15, 0.2) is 0 Å². The van der Waals surface area contributed by atoms with E-state index in [4.69, 9.17) is 4.74 Å². The van der Waals surface area contributed by atoms with Crippen LogP contribution in [0.25, 0.3) is 5.65 Å². The summed E-state index contributed by atoms with van der Waals surface area (Å²) < 4.78 is 32.4. The number of ether oxygens (including phenoxy) is 1. The highest BCUT2D eigenvalue weighted by atomic mass is 32.2. The molecule has 12 heteroatoms. The average molecular weight is 459 g/mol. The van der Waals surface area contributed by atoms with E-state index in [0.29, 0.717) is 11.3 Å². The van der Waals surface area contributed by atoms with Gasteiger partial charge in [0.05, 0.1) is 11.9 Å². The maximum absolute atomic E-state index is 12.5. The third-order valence-electron chi connectivity index (χ3n) is 4.05. The summed E-state index contributed by atoms with van der Waals surface area (Å²) in [5.74, 6) is 0.0910. The number of carbonyl (C=O) groups is 1. The monoisotopic (exact) mass is 458 g/mol. The predicted octanol–water partition coefficient (Wildman–Crippen LogP) is 2.70. The van der Waals surface area contributed by atoms with E-state index in [2.05, 4.69) is 25.2 Å². The zero-order valence-corrected chi connectivity index (χ0v) is 18.2. The van der Waals surface area contributed by atoms with Crippen molar-refractivity contribution in [2.24, 2.45) is 0 Å². The number of hydrogen-bond donors (Lipinski definition) is 2. The summed E-state index contributed by atoms with van der Waals surface area (Å²) in [6, 6.07) is 10.6. The molecule has 1 aromatic carbocycles. The molecule has 0 spiro atoms. The molecule has 0 bridgehead atoms. The Balaban J connectivity index is 1.40. The Morgan fingerprint density at radius 1 is 1.16 bits per heavy atom. The van der Waals surface area contributed by atoms with Crippen LogP contribution >= 0.6 is 11.3 Å².